The van der Waals surface area contributed by atoms with E-state index in [0.717, 1.165) is 19.0 Å². The number of piperidine rings is 1. The summed E-state index contributed by atoms with van der Waals surface area (Å²) in [5, 5.41) is 3.44. The summed E-state index contributed by atoms with van der Waals surface area (Å²) in [5.74, 6) is 1.10. The number of rotatable bonds is 1. The molecule has 92 valence electrons. The molecule has 0 bridgehead atoms. The minimum absolute atomic E-state index is 0.0896. The quantitative estimate of drug-likeness (QED) is 0.824. The fraction of sp³-hybridized carbons (Fsp3) is 0.538. The predicted octanol–water partition coefficient (Wildman–Crippen LogP) is 2.01. The third-order valence-corrected chi connectivity index (χ3v) is 5.48. The summed E-state index contributed by atoms with van der Waals surface area (Å²) >= 11 is 0. The van der Waals surface area contributed by atoms with E-state index in [1.807, 2.05) is 7.05 Å². The fourth-order valence-corrected chi connectivity index (χ4v) is 4.47. The Morgan fingerprint density at radius 1 is 1.29 bits per heavy atom. The van der Waals surface area contributed by atoms with Gasteiger partial charge in [-0.2, -0.15) is 0 Å². The summed E-state index contributed by atoms with van der Waals surface area (Å²) in [7, 11) is 2.04. The molecule has 1 unspecified atom stereocenters. The van der Waals surface area contributed by atoms with Crippen molar-refractivity contribution in [3.05, 3.63) is 24.3 Å². The van der Waals surface area contributed by atoms with Crippen molar-refractivity contribution in [3.8, 4) is 0 Å². The van der Waals surface area contributed by atoms with Crippen LogP contribution in [0.2, 0.25) is 0 Å². The summed E-state index contributed by atoms with van der Waals surface area (Å²) in [6.45, 7) is 2.31. The van der Waals surface area contributed by atoms with Crippen molar-refractivity contribution in [2.45, 2.75) is 23.8 Å². The van der Waals surface area contributed by atoms with Gasteiger partial charge in [0.2, 0.25) is 0 Å². The number of benzene rings is 1. The Hall–Kier alpha value is -0.870. The fourth-order valence-electron chi connectivity index (χ4n) is 2.74. The van der Waals surface area contributed by atoms with E-state index in [9.17, 15) is 0 Å². The molecule has 17 heavy (non-hydrogen) atoms. The van der Waals surface area contributed by atoms with Gasteiger partial charge in [-0.05, 0) is 48.8 Å². The van der Waals surface area contributed by atoms with Crippen LogP contribution in [0, 0.1) is 0 Å². The first kappa shape index (κ1) is 11.2. The third kappa shape index (κ3) is 2.00. The van der Waals surface area contributed by atoms with Gasteiger partial charge in [-0.3, -0.25) is 4.36 Å². The van der Waals surface area contributed by atoms with Crippen LogP contribution < -0.4 is 10.2 Å². The van der Waals surface area contributed by atoms with E-state index in [1.165, 1.54) is 23.4 Å². The average Bonchev–Trinajstić information content (AvgIpc) is 2.78. The molecule has 0 radical (unpaired) electrons. The number of hydrogen-bond donors (Lipinski definition) is 1. The second-order valence-corrected chi connectivity index (χ2v) is 6.39. The Labute approximate surface area is 105 Å². The SMILES string of the molecule is CN=S1CN(C2CCNCC2)c2ccccc21. The molecule has 0 amide bonds. The number of fused-ring (bicyclic) bond motifs is 1. The van der Waals surface area contributed by atoms with Gasteiger partial charge < -0.3 is 10.2 Å². The molecule has 3 rings (SSSR count). The maximum Gasteiger partial charge on any atom is 0.0794 e. The molecule has 2 aliphatic heterocycles. The molecular formula is C13H19N3S. The molecule has 1 saturated heterocycles. The smallest absolute Gasteiger partial charge is 0.0794 e. The highest BCUT2D eigenvalue weighted by Gasteiger charge is 2.29. The van der Waals surface area contributed by atoms with Crippen LogP contribution in [-0.4, -0.2) is 32.1 Å². The van der Waals surface area contributed by atoms with E-state index >= 15 is 0 Å². The van der Waals surface area contributed by atoms with Crippen molar-refractivity contribution in [3.63, 3.8) is 0 Å². The molecule has 0 spiro atoms. The van der Waals surface area contributed by atoms with Crippen LogP contribution in [0.3, 0.4) is 0 Å². The Morgan fingerprint density at radius 2 is 2.06 bits per heavy atom. The highest BCUT2D eigenvalue weighted by Crippen LogP contribution is 2.35. The molecule has 1 aromatic rings. The van der Waals surface area contributed by atoms with Gasteiger partial charge in [-0.1, -0.05) is 12.1 Å². The number of nitrogens with zero attached hydrogens (tertiary/aromatic N) is 2. The second-order valence-electron chi connectivity index (χ2n) is 4.60. The van der Waals surface area contributed by atoms with Gasteiger partial charge in [0.25, 0.3) is 0 Å². The highest BCUT2D eigenvalue weighted by molar-refractivity contribution is 7.88. The molecule has 0 aromatic heterocycles. The molecule has 2 aliphatic rings. The largest absolute Gasteiger partial charge is 0.357 e. The van der Waals surface area contributed by atoms with E-state index in [2.05, 4.69) is 38.8 Å². The summed E-state index contributed by atoms with van der Waals surface area (Å²) in [5.41, 5.74) is 1.42. The van der Waals surface area contributed by atoms with Crippen molar-refractivity contribution in [2.24, 2.45) is 4.36 Å². The van der Waals surface area contributed by atoms with Gasteiger partial charge in [0.05, 0.1) is 11.6 Å². The number of para-hydroxylation sites is 1. The summed E-state index contributed by atoms with van der Waals surface area (Å²) in [4.78, 5) is 4.03. The van der Waals surface area contributed by atoms with Crippen LogP contribution in [0.1, 0.15) is 12.8 Å². The highest BCUT2D eigenvalue weighted by atomic mass is 32.2. The number of hydrogen-bond acceptors (Lipinski definition) is 3. The van der Waals surface area contributed by atoms with E-state index in [0.29, 0.717) is 6.04 Å². The number of nitrogens with one attached hydrogen (secondary N) is 1. The molecule has 4 heteroatoms. The van der Waals surface area contributed by atoms with Gasteiger partial charge in [-0.15, -0.1) is 0 Å². The zero-order valence-electron chi connectivity index (χ0n) is 10.2. The first-order valence-electron chi connectivity index (χ1n) is 6.27. The van der Waals surface area contributed by atoms with Crippen LogP contribution >= 0.6 is 0 Å². The van der Waals surface area contributed by atoms with Gasteiger partial charge in [-0.25, -0.2) is 0 Å². The summed E-state index contributed by atoms with van der Waals surface area (Å²) in [6, 6.07) is 9.49. The molecule has 0 saturated carbocycles. The first-order chi connectivity index (χ1) is 8.40. The third-order valence-electron chi connectivity index (χ3n) is 3.66. The molecule has 1 atom stereocenters. The van der Waals surface area contributed by atoms with Crippen molar-refractivity contribution < 1.29 is 0 Å². The molecule has 1 N–H and O–H groups in total. The lowest BCUT2D eigenvalue weighted by molar-refractivity contribution is 0.441. The maximum absolute atomic E-state index is 4.54. The van der Waals surface area contributed by atoms with E-state index in [1.54, 1.807) is 0 Å². The van der Waals surface area contributed by atoms with Crippen LogP contribution in [0.5, 0.6) is 0 Å². The second kappa shape index (κ2) is 4.78. The van der Waals surface area contributed by atoms with E-state index < -0.39 is 0 Å². The zero-order valence-corrected chi connectivity index (χ0v) is 11.0. The number of anilines is 1. The maximum atomic E-state index is 4.54. The monoisotopic (exact) mass is 249 g/mol. The average molecular weight is 249 g/mol. The first-order valence-corrected chi connectivity index (χ1v) is 7.62. The van der Waals surface area contributed by atoms with Crippen molar-refractivity contribution in [2.75, 3.05) is 30.9 Å². The lowest BCUT2D eigenvalue weighted by Crippen LogP contribution is -2.42. The van der Waals surface area contributed by atoms with Crippen LogP contribution in [0.4, 0.5) is 5.69 Å². The van der Waals surface area contributed by atoms with Gasteiger partial charge in [0.1, 0.15) is 0 Å². The van der Waals surface area contributed by atoms with Crippen LogP contribution in [-0.2, 0) is 10.7 Å². The predicted molar refractivity (Wildman–Crippen MR) is 73.7 cm³/mol. The molecule has 0 aliphatic carbocycles. The molecular weight excluding hydrogens is 230 g/mol. The van der Waals surface area contributed by atoms with Crippen LogP contribution in [0.15, 0.2) is 33.5 Å². The molecule has 2 heterocycles. The minimum Gasteiger partial charge on any atom is -0.357 e. The molecule has 1 aromatic carbocycles. The molecule has 3 nitrogen and oxygen atoms in total. The minimum atomic E-state index is 0.0896. The summed E-state index contributed by atoms with van der Waals surface area (Å²) in [6.07, 6.45) is 2.52. The molecule has 1 fully saturated rings. The van der Waals surface area contributed by atoms with Gasteiger partial charge >= 0.3 is 0 Å². The van der Waals surface area contributed by atoms with Crippen LogP contribution in [0.25, 0.3) is 0 Å². The van der Waals surface area contributed by atoms with Crippen molar-refractivity contribution in [1.82, 2.24) is 5.32 Å². The Morgan fingerprint density at radius 3 is 2.82 bits per heavy atom. The normalized spacial score (nSPS) is 25.2. The summed E-state index contributed by atoms with van der Waals surface area (Å²) < 4.78 is 4.54. The van der Waals surface area contributed by atoms with E-state index in [-0.39, 0.29) is 10.7 Å². The van der Waals surface area contributed by atoms with Gasteiger partial charge in [0, 0.05) is 18.0 Å². The van der Waals surface area contributed by atoms with E-state index in [4.69, 9.17) is 0 Å². The zero-order chi connectivity index (χ0) is 11.7. The lowest BCUT2D eigenvalue weighted by Gasteiger charge is -2.33. The van der Waals surface area contributed by atoms with Gasteiger partial charge in [0.15, 0.2) is 0 Å². The Bertz CT molecular complexity index is 438. The standard InChI is InChI=1S/C13H19N3S/c1-14-17-10-16(11-6-8-15-9-7-11)12-4-2-3-5-13(12)17/h2-5,11,15H,6-10H2,1H3. The lowest BCUT2D eigenvalue weighted by atomic mass is 10.0. The topological polar surface area (TPSA) is 27.6 Å². The van der Waals surface area contributed by atoms with Crippen molar-refractivity contribution in [1.29, 1.82) is 0 Å². The van der Waals surface area contributed by atoms with Crippen molar-refractivity contribution >= 4 is 16.4 Å². The Balaban J connectivity index is 1.93. The Kier molecular flexibility index (Phi) is 3.16.